The van der Waals surface area contributed by atoms with Gasteiger partial charge in [-0.1, -0.05) is 30.3 Å². The lowest BCUT2D eigenvalue weighted by Gasteiger charge is -2.15. The Hall–Kier alpha value is -2.58. The van der Waals surface area contributed by atoms with Crippen LogP contribution in [0.2, 0.25) is 0 Å². The predicted octanol–water partition coefficient (Wildman–Crippen LogP) is 1.65. The standard InChI is InChI=1S/C20H26N4O3S/c1-3-22-20(24-14-17-12-16-8-4-5-10-19(16)27-17)23-13-15-7-6-9-18(11-15)28(25,26)21-2/h4-11,17,21H,3,12-14H2,1-2H3,(H2,22,23,24). The van der Waals surface area contributed by atoms with Gasteiger partial charge in [0.25, 0.3) is 0 Å². The zero-order valence-electron chi connectivity index (χ0n) is 16.1. The first-order chi connectivity index (χ1) is 13.5. The van der Waals surface area contributed by atoms with Crippen LogP contribution < -0.4 is 20.1 Å². The van der Waals surface area contributed by atoms with Crippen molar-refractivity contribution in [3.05, 3.63) is 59.7 Å². The molecule has 2 aromatic carbocycles. The Morgan fingerprint density at radius 3 is 2.75 bits per heavy atom. The van der Waals surface area contributed by atoms with E-state index < -0.39 is 10.0 Å². The van der Waals surface area contributed by atoms with Crippen molar-refractivity contribution >= 4 is 16.0 Å². The summed E-state index contributed by atoms with van der Waals surface area (Å²) < 4.78 is 32.2. The maximum atomic E-state index is 12.0. The molecule has 1 unspecified atom stereocenters. The lowest BCUT2D eigenvalue weighted by molar-refractivity contribution is 0.235. The molecule has 0 saturated heterocycles. The number of hydrogen-bond acceptors (Lipinski definition) is 4. The van der Waals surface area contributed by atoms with Crippen molar-refractivity contribution in [1.29, 1.82) is 0 Å². The van der Waals surface area contributed by atoms with E-state index in [1.807, 2.05) is 31.2 Å². The molecule has 0 bridgehead atoms. The molecule has 3 rings (SSSR count). The van der Waals surface area contributed by atoms with E-state index in [1.165, 1.54) is 12.6 Å². The Kier molecular flexibility index (Phi) is 6.53. The van der Waals surface area contributed by atoms with Crippen LogP contribution in [0.4, 0.5) is 0 Å². The maximum absolute atomic E-state index is 12.0. The Morgan fingerprint density at radius 1 is 1.18 bits per heavy atom. The molecule has 0 fully saturated rings. The summed E-state index contributed by atoms with van der Waals surface area (Å²) in [5.41, 5.74) is 2.04. The van der Waals surface area contributed by atoms with E-state index in [0.717, 1.165) is 24.3 Å². The second-order valence-corrected chi connectivity index (χ2v) is 8.37. The van der Waals surface area contributed by atoms with Crippen molar-refractivity contribution in [2.75, 3.05) is 20.1 Å². The molecular formula is C20H26N4O3S. The average Bonchev–Trinajstić information content (AvgIpc) is 3.13. The number of benzene rings is 2. The third-order valence-electron chi connectivity index (χ3n) is 4.45. The van der Waals surface area contributed by atoms with Crippen molar-refractivity contribution < 1.29 is 13.2 Å². The molecule has 3 N–H and O–H groups in total. The molecule has 1 aliphatic rings. The van der Waals surface area contributed by atoms with Gasteiger partial charge in [0.1, 0.15) is 11.9 Å². The molecule has 2 aromatic rings. The Labute approximate surface area is 166 Å². The largest absolute Gasteiger partial charge is 0.488 e. The molecule has 1 aliphatic heterocycles. The summed E-state index contributed by atoms with van der Waals surface area (Å²) in [5, 5.41) is 6.51. The van der Waals surface area contributed by atoms with E-state index in [-0.39, 0.29) is 11.0 Å². The van der Waals surface area contributed by atoms with Gasteiger partial charge in [0, 0.05) is 13.0 Å². The van der Waals surface area contributed by atoms with Gasteiger partial charge < -0.3 is 15.4 Å². The number of nitrogens with zero attached hydrogens (tertiary/aromatic N) is 1. The number of rotatable bonds is 7. The van der Waals surface area contributed by atoms with Crippen LogP contribution >= 0.6 is 0 Å². The number of guanidine groups is 1. The van der Waals surface area contributed by atoms with E-state index in [2.05, 4.69) is 26.4 Å². The highest BCUT2D eigenvalue weighted by molar-refractivity contribution is 7.89. The number of ether oxygens (including phenoxy) is 1. The van der Waals surface area contributed by atoms with Crippen LogP contribution in [0, 0.1) is 0 Å². The van der Waals surface area contributed by atoms with Gasteiger partial charge in [-0.05, 0) is 43.3 Å². The number of nitrogens with one attached hydrogen (secondary N) is 3. The second kappa shape index (κ2) is 9.07. The number of hydrogen-bond donors (Lipinski definition) is 3. The highest BCUT2D eigenvalue weighted by atomic mass is 32.2. The number of aliphatic imine (C=N–C) groups is 1. The van der Waals surface area contributed by atoms with Crippen LogP contribution in [0.25, 0.3) is 0 Å². The first-order valence-electron chi connectivity index (χ1n) is 9.31. The van der Waals surface area contributed by atoms with Gasteiger partial charge in [-0.2, -0.15) is 0 Å². The molecule has 1 atom stereocenters. The van der Waals surface area contributed by atoms with Crippen LogP contribution in [0.3, 0.4) is 0 Å². The highest BCUT2D eigenvalue weighted by Gasteiger charge is 2.22. The van der Waals surface area contributed by atoms with Gasteiger partial charge in [0.15, 0.2) is 5.96 Å². The fourth-order valence-electron chi connectivity index (χ4n) is 3.02. The molecule has 8 heteroatoms. The Bertz CT molecular complexity index is 919. The van der Waals surface area contributed by atoms with Gasteiger partial charge >= 0.3 is 0 Å². The smallest absolute Gasteiger partial charge is 0.240 e. The van der Waals surface area contributed by atoms with Crippen LogP contribution in [-0.2, 0) is 23.0 Å². The van der Waals surface area contributed by atoms with Crippen molar-refractivity contribution in [1.82, 2.24) is 15.4 Å². The van der Waals surface area contributed by atoms with Crippen molar-refractivity contribution in [3.8, 4) is 5.75 Å². The second-order valence-electron chi connectivity index (χ2n) is 6.48. The van der Waals surface area contributed by atoms with Crippen molar-refractivity contribution in [2.45, 2.75) is 30.9 Å². The zero-order valence-corrected chi connectivity index (χ0v) is 16.9. The first-order valence-corrected chi connectivity index (χ1v) is 10.8. The minimum Gasteiger partial charge on any atom is -0.488 e. The Morgan fingerprint density at radius 2 is 2.00 bits per heavy atom. The lowest BCUT2D eigenvalue weighted by atomic mass is 10.1. The van der Waals surface area contributed by atoms with Gasteiger partial charge in [-0.15, -0.1) is 0 Å². The van der Waals surface area contributed by atoms with Crippen LogP contribution in [0.15, 0.2) is 58.4 Å². The fourth-order valence-corrected chi connectivity index (χ4v) is 3.82. The zero-order chi connectivity index (χ0) is 20.0. The van der Waals surface area contributed by atoms with E-state index in [0.29, 0.717) is 19.0 Å². The number of sulfonamides is 1. The van der Waals surface area contributed by atoms with Crippen LogP contribution in [0.1, 0.15) is 18.1 Å². The van der Waals surface area contributed by atoms with Crippen LogP contribution in [-0.4, -0.2) is 40.6 Å². The molecule has 28 heavy (non-hydrogen) atoms. The summed E-state index contributed by atoms with van der Waals surface area (Å²) in [4.78, 5) is 4.80. The molecule has 7 nitrogen and oxygen atoms in total. The Balaban J connectivity index is 1.61. The monoisotopic (exact) mass is 402 g/mol. The molecule has 0 amide bonds. The van der Waals surface area contributed by atoms with Gasteiger partial charge in [0.2, 0.25) is 10.0 Å². The van der Waals surface area contributed by atoms with E-state index in [1.54, 1.807) is 18.2 Å². The summed E-state index contributed by atoms with van der Waals surface area (Å²) in [5.74, 6) is 1.61. The molecule has 150 valence electrons. The summed E-state index contributed by atoms with van der Waals surface area (Å²) in [7, 11) is -2.06. The minimum absolute atomic E-state index is 0.0605. The molecule has 0 aliphatic carbocycles. The van der Waals surface area contributed by atoms with Crippen LogP contribution in [0.5, 0.6) is 5.75 Å². The lowest BCUT2D eigenvalue weighted by Crippen LogP contribution is -2.42. The highest BCUT2D eigenvalue weighted by Crippen LogP contribution is 2.27. The van der Waals surface area contributed by atoms with E-state index >= 15 is 0 Å². The van der Waals surface area contributed by atoms with Crippen molar-refractivity contribution in [3.63, 3.8) is 0 Å². The summed E-state index contributed by atoms with van der Waals surface area (Å²) in [6.07, 6.45) is 0.928. The molecular weight excluding hydrogens is 376 g/mol. The molecule has 0 saturated carbocycles. The quantitative estimate of drug-likeness (QED) is 0.484. The minimum atomic E-state index is -3.46. The number of fused-ring (bicyclic) bond motifs is 1. The predicted molar refractivity (Wildman–Crippen MR) is 110 cm³/mol. The van der Waals surface area contributed by atoms with E-state index in [4.69, 9.17) is 4.74 Å². The molecule has 0 radical (unpaired) electrons. The number of para-hydroxylation sites is 1. The van der Waals surface area contributed by atoms with Gasteiger partial charge in [0.05, 0.1) is 18.0 Å². The average molecular weight is 403 g/mol. The maximum Gasteiger partial charge on any atom is 0.240 e. The summed E-state index contributed by atoms with van der Waals surface area (Å²) >= 11 is 0. The summed E-state index contributed by atoms with van der Waals surface area (Å²) in [6, 6.07) is 14.8. The van der Waals surface area contributed by atoms with E-state index in [9.17, 15) is 8.42 Å². The molecule has 0 aromatic heterocycles. The normalized spacial score (nSPS) is 16.4. The topological polar surface area (TPSA) is 91.8 Å². The van der Waals surface area contributed by atoms with Gasteiger partial charge in [-0.25, -0.2) is 18.1 Å². The van der Waals surface area contributed by atoms with Crippen molar-refractivity contribution in [2.24, 2.45) is 4.99 Å². The third-order valence-corrected chi connectivity index (χ3v) is 5.86. The molecule has 1 heterocycles. The summed E-state index contributed by atoms with van der Waals surface area (Å²) in [6.45, 7) is 3.73. The fraction of sp³-hybridized carbons (Fsp3) is 0.350. The third kappa shape index (κ3) is 5.02. The molecule has 0 spiro atoms. The first kappa shape index (κ1) is 20.2. The van der Waals surface area contributed by atoms with Gasteiger partial charge in [-0.3, -0.25) is 0 Å². The SMILES string of the molecule is CCNC(=NCc1cccc(S(=O)(=O)NC)c1)NCC1Cc2ccccc2O1.